The summed E-state index contributed by atoms with van der Waals surface area (Å²) in [6.45, 7) is 0.938. The normalized spacial score (nSPS) is 22.7. The molecule has 3 aromatic heterocycles. The summed E-state index contributed by atoms with van der Waals surface area (Å²) in [4.78, 5) is 24.5. The lowest BCUT2D eigenvalue weighted by atomic mass is 9.69. The number of methoxy groups -OCH3 is 2. The molecule has 38 heavy (non-hydrogen) atoms. The third-order valence-electron chi connectivity index (χ3n) is 8.36. The maximum atomic E-state index is 14.8. The lowest BCUT2D eigenvalue weighted by molar-refractivity contribution is -0.165. The number of nitrogens with one attached hydrogen (secondary N) is 2. The maximum absolute atomic E-state index is 14.8. The Balaban J connectivity index is 1.15. The van der Waals surface area contributed by atoms with Crippen LogP contribution in [0.1, 0.15) is 43.2 Å². The Labute approximate surface area is 219 Å². The van der Waals surface area contributed by atoms with Crippen molar-refractivity contribution in [3.63, 3.8) is 0 Å². The lowest BCUT2D eigenvalue weighted by Crippen LogP contribution is -2.61. The van der Waals surface area contributed by atoms with E-state index in [1.807, 2.05) is 24.3 Å². The fraction of sp³-hybridized carbons (Fsp3) is 0.414. The van der Waals surface area contributed by atoms with Gasteiger partial charge in [0.15, 0.2) is 0 Å². The van der Waals surface area contributed by atoms with Crippen LogP contribution >= 0.6 is 0 Å². The van der Waals surface area contributed by atoms with Crippen LogP contribution < -0.4 is 20.3 Å². The molecule has 0 atom stereocenters. The van der Waals surface area contributed by atoms with Crippen molar-refractivity contribution in [2.24, 2.45) is 0 Å². The molecule has 5 heterocycles. The van der Waals surface area contributed by atoms with Gasteiger partial charge in [0.05, 0.1) is 54.7 Å². The van der Waals surface area contributed by atoms with Crippen molar-refractivity contribution < 1.29 is 18.6 Å². The maximum Gasteiger partial charge on any atom is 0.256 e. The predicted octanol–water partition coefficient (Wildman–Crippen LogP) is 4.43. The summed E-state index contributed by atoms with van der Waals surface area (Å²) in [6, 6.07) is 11.2. The molecule has 0 unspecified atom stereocenters. The minimum absolute atomic E-state index is 0.150. The highest BCUT2D eigenvalue weighted by Gasteiger charge is 2.49. The number of aromatic nitrogens is 3. The molecule has 2 bridgehead atoms. The number of aromatic amines is 1. The van der Waals surface area contributed by atoms with Gasteiger partial charge in [-0.05, 0) is 56.7 Å². The van der Waals surface area contributed by atoms with E-state index >= 15 is 0 Å². The van der Waals surface area contributed by atoms with Gasteiger partial charge in [0.2, 0.25) is 5.88 Å². The average molecular weight is 519 g/mol. The van der Waals surface area contributed by atoms with Gasteiger partial charge in [-0.1, -0.05) is 12.1 Å². The molecule has 1 saturated carbocycles. The van der Waals surface area contributed by atoms with Crippen LogP contribution in [0.5, 0.6) is 11.6 Å². The topological polar surface area (TPSA) is 98.4 Å². The van der Waals surface area contributed by atoms with Gasteiger partial charge in [-0.3, -0.25) is 9.78 Å². The number of ether oxygens (including phenoxy) is 3. The van der Waals surface area contributed by atoms with Gasteiger partial charge in [0.1, 0.15) is 11.6 Å². The zero-order valence-electron chi connectivity index (χ0n) is 21.6. The summed E-state index contributed by atoms with van der Waals surface area (Å²) >= 11 is 0. The third kappa shape index (κ3) is 4.29. The van der Waals surface area contributed by atoms with Crippen molar-refractivity contribution in [3.8, 4) is 11.6 Å². The van der Waals surface area contributed by atoms with Crippen LogP contribution in [0.25, 0.3) is 21.9 Å². The zero-order chi connectivity index (χ0) is 26.3. The van der Waals surface area contributed by atoms with Gasteiger partial charge in [0.25, 0.3) is 5.56 Å². The molecular weight excluding hydrogens is 487 g/mol. The summed E-state index contributed by atoms with van der Waals surface area (Å²) < 4.78 is 32.2. The molecule has 2 aliphatic heterocycles. The van der Waals surface area contributed by atoms with Gasteiger partial charge >= 0.3 is 0 Å². The highest BCUT2D eigenvalue weighted by Crippen LogP contribution is 2.46. The van der Waals surface area contributed by atoms with E-state index in [1.165, 1.54) is 6.20 Å². The van der Waals surface area contributed by atoms with E-state index in [4.69, 9.17) is 14.2 Å². The third-order valence-corrected chi connectivity index (χ3v) is 8.36. The molecule has 1 aromatic carbocycles. The Hall–Kier alpha value is -3.56. The van der Waals surface area contributed by atoms with E-state index in [1.54, 1.807) is 26.4 Å². The van der Waals surface area contributed by atoms with E-state index in [9.17, 15) is 9.18 Å². The van der Waals surface area contributed by atoms with E-state index < -0.39 is 0 Å². The molecule has 0 radical (unpaired) electrons. The SMILES string of the molecule is COc1ccc2ncc(F)c(CCC34CCC(NCc5c(OC)c6ccccc6[nH]c5=O)(CC3)CO4)c2n1. The Morgan fingerprint density at radius 2 is 1.89 bits per heavy atom. The van der Waals surface area contributed by atoms with Crippen molar-refractivity contribution in [2.45, 2.75) is 56.2 Å². The number of aryl methyl sites for hydroxylation is 1. The summed E-state index contributed by atoms with van der Waals surface area (Å²) in [5.74, 6) is 0.687. The molecule has 2 saturated heterocycles. The van der Waals surface area contributed by atoms with Crippen molar-refractivity contribution in [3.05, 3.63) is 69.9 Å². The first-order valence-corrected chi connectivity index (χ1v) is 13.0. The van der Waals surface area contributed by atoms with Crippen molar-refractivity contribution in [1.82, 2.24) is 20.3 Å². The Morgan fingerprint density at radius 1 is 1.08 bits per heavy atom. The lowest BCUT2D eigenvalue weighted by Gasteiger charge is -2.53. The number of para-hydroxylation sites is 1. The van der Waals surface area contributed by atoms with Crippen LogP contribution in [-0.4, -0.2) is 46.9 Å². The molecule has 8 nitrogen and oxygen atoms in total. The number of hydrogen-bond acceptors (Lipinski definition) is 7. The quantitative estimate of drug-likeness (QED) is 0.356. The molecule has 9 heteroatoms. The summed E-state index contributed by atoms with van der Waals surface area (Å²) in [7, 11) is 3.14. The number of H-pyrrole nitrogens is 1. The van der Waals surface area contributed by atoms with E-state index in [-0.39, 0.29) is 22.5 Å². The van der Waals surface area contributed by atoms with Gasteiger partial charge in [-0.25, -0.2) is 9.37 Å². The smallest absolute Gasteiger partial charge is 0.256 e. The summed E-state index contributed by atoms with van der Waals surface area (Å²) in [5.41, 5.74) is 2.45. The van der Waals surface area contributed by atoms with Crippen LogP contribution in [0.3, 0.4) is 0 Å². The average Bonchev–Trinajstić information content (AvgIpc) is 2.96. The number of rotatable bonds is 8. The number of halogens is 1. The zero-order valence-corrected chi connectivity index (χ0v) is 21.6. The number of nitrogens with zero attached hydrogens (tertiary/aromatic N) is 2. The minimum atomic E-state index is -0.355. The first-order valence-electron chi connectivity index (χ1n) is 13.0. The molecule has 198 valence electrons. The molecule has 0 amide bonds. The summed E-state index contributed by atoms with van der Waals surface area (Å²) in [5, 5.41) is 4.52. The Morgan fingerprint density at radius 3 is 2.63 bits per heavy atom. The molecule has 3 fully saturated rings. The van der Waals surface area contributed by atoms with Crippen LogP contribution in [-0.2, 0) is 17.7 Å². The van der Waals surface area contributed by atoms with E-state index in [0.29, 0.717) is 59.8 Å². The standard InChI is InChI=1S/C29H31FN4O4/c1-36-24-8-7-23-25(34-24)18(21(30)16-31-23)9-10-29-13-11-28(12-14-29,17-38-29)32-15-20-26(37-2)19-5-3-4-6-22(19)33-27(20)35/h3-8,16,32H,9-15,17H2,1-2H3,(H,33,35). The minimum Gasteiger partial charge on any atom is -0.495 e. The van der Waals surface area contributed by atoms with Crippen LogP contribution in [0.15, 0.2) is 47.4 Å². The number of pyridine rings is 3. The molecule has 3 aliphatic rings. The highest BCUT2D eigenvalue weighted by atomic mass is 19.1. The van der Waals surface area contributed by atoms with Crippen LogP contribution in [0.2, 0.25) is 0 Å². The van der Waals surface area contributed by atoms with Crippen LogP contribution in [0, 0.1) is 5.82 Å². The number of benzene rings is 1. The first-order chi connectivity index (χ1) is 18.4. The van der Waals surface area contributed by atoms with Gasteiger partial charge < -0.3 is 24.5 Å². The first kappa shape index (κ1) is 24.8. The highest BCUT2D eigenvalue weighted by molar-refractivity contribution is 5.86. The largest absolute Gasteiger partial charge is 0.495 e. The molecule has 0 spiro atoms. The van der Waals surface area contributed by atoms with Crippen molar-refractivity contribution in [1.29, 1.82) is 0 Å². The Kier molecular flexibility index (Phi) is 6.28. The van der Waals surface area contributed by atoms with Crippen molar-refractivity contribution >= 4 is 21.9 Å². The molecular formula is C29H31FN4O4. The van der Waals surface area contributed by atoms with E-state index in [2.05, 4.69) is 20.3 Å². The molecule has 4 aromatic rings. The van der Waals surface area contributed by atoms with Crippen molar-refractivity contribution in [2.75, 3.05) is 20.8 Å². The molecule has 7 rings (SSSR count). The Bertz CT molecular complexity index is 1550. The second-order valence-electron chi connectivity index (χ2n) is 10.4. The van der Waals surface area contributed by atoms with Gasteiger partial charge in [0, 0.05) is 29.1 Å². The fourth-order valence-corrected chi connectivity index (χ4v) is 6.02. The van der Waals surface area contributed by atoms with Crippen LogP contribution in [0.4, 0.5) is 4.39 Å². The van der Waals surface area contributed by atoms with Gasteiger partial charge in [-0.2, -0.15) is 0 Å². The number of hydrogen-bond donors (Lipinski definition) is 2. The fourth-order valence-electron chi connectivity index (χ4n) is 6.02. The molecule has 2 N–H and O–H groups in total. The van der Waals surface area contributed by atoms with E-state index in [0.717, 1.165) is 36.6 Å². The second kappa shape index (κ2) is 9.63. The summed E-state index contributed by atoms with van der Waals surface area (Å²) in [6.07, 6.45) is 6.06. The monoisotopic (exact) mass is 518 g/mol. The van der Waals surface area contributed by atoms with Gasteiger partial charge in [-0.15, -0.1) is 0 Å². The predicted molar refractivity (Wildman–Crippen MR) is 142 cm³/mol. The number of fused-ring (bicyclic) bond motifs is 5. The molecule has 1 aliphatic carbocycles. The second-order valence-corrected chi connectivity index (χ2v) is 10.4.